The molecule has 3 heterocycles. The van der Waals surface area contributed by atoms with Crippen LogP contribution in [0.15, 0.2) is 34.7 Å². The maximum atomic E-state index is 13.9. The molecule has 0 spiro atoms. The van der Waals surface area contributed by atoms with E-state index in [2.05, 4.69) is 12.2 Å². The summed E-state index contributed by atoms with van der Waals surface area (Å²) >= 11 is 0. The molecule has 6 nitrogen and oxygen atoms in total. The van der Waals surface area contributed by atoms with Gasteiger partial charge in [0.2, 0.25) is 5.91 Å². The van der Waals surface area contributed by atoms with Crippen molar-refractivity contribution >= 4 is 28.6 Å². The molecule has 0 radical (unpaired) electrons. The van der Waals surface area contributed by atoms with Crippen LogP contribution >= 0.6 is 0 Å². The molecule has 1 aliphatic carbocycles. The fraction of sp³-hybridized carbons (Fsp3) is 0.481. The van der Waals surface area contributed by atoms with Gasteiger partial charge in [0.25, 0.3) is 5.91 Å². The topological polar surface area (TPSA) is 67.5 Å². The molecule has 33 heavy (non-hydrogen) atoms. The molecular weight excluding hydrogens is 414 g/mol. The molecule has 1 saturated carbocycles. The molecule has 2 aromatic heterocycles. The van der Waals surface area contributed by atoms with Gasteiger partial charge in [-0.05, 0) is 63.8 Å². The number of hydrogen-bond acceptors (Lipinski definition) is 3. The Morgan fingerprint density at radius 2 is 1.76 bits per heavy atom. The van der Waals surface area contributed by atoms with Gasteiger partial charge in [-0.15, -0.1) is 0 Å². The normalized spacial score (nSPS) is 21.8. The highest BCUT2D eigenvalue weighted by Crippen LogP contribution is 2.37. The van der Waals surface area contributed by atoms with Crippen molar-refractivity contribution in [1.82, 2.24) is 9.88 Å². The largest absolute Gasteiger partial charge is 0.460 e. The van der Waals surface area contributed by atoms with E-state index >= 15 is 0 Å². The molecular formula is C27H33N3O3. The lowest BCUT2D eigenvalue weighted by atomic mass is 9.92. The van der Waals surface area contributed by atoms with Gasteiger partial charge in [-0.3, -0.25) is 14.5 Å². The highest BCUT2D eigenvalue weighted by Gasteiger charge is 2.49. The molecule has 0 saturated heterocycles. The highest BCUT2D eigenvalue weighted by atomic mass is 16.3. The van der Waals surface area contributed by atoms with Crippen LogP contribution in [-0.4, -0.2) is 28.0 Å². The molecule has 174 valence electrons. The van der Waals surface area contributed by atoms with E-state index in [9.17, 15) is 9.59 Å². The Labute approximate surface area is 194 Å². The van der Waals surface area contributed by atoms with Crippen LogP contribution in [0.5, 0.6) is 0 Å². The summed E-state index contributed by atoms with van der Waals surface area (Å²) in [6, 6.07) is 9.89. The monoisotopic (exact) mass is 447 g/mol. The van der Waals surface area contributed by atoms with Crippen LogP contribution in [-0.2, 0) is 11.3 Å². The summed E-state index contributed by atoms with van der Waals surface area (Å²) in [5.41, 5.74) is 4.05. The van der Waals surface area contributed by atoms with E-state index in [0.717, 1.165) is 53.8 Å². The third-order valence-electron chi connectivity index (χ3n) is 7.52. The highest BCUT2D eigenvalue weighted by molar-refractivity contribution is 6.13. The average Bonchev–Trinajstić information content (AvgIpc) is 3.16. The fourth-order valence-corrected chi connectivity index (χ4v) is 5.43. The SMILES string of the molecule is Cc1cc2c(cc3n2C[C@](C)(C(=O)NC2CCCCCC2)N(c2ccc(C)c(C)c2)C3=O)o1. The van der Waals surface area contributed by atoms with Gasteiger partial charge in [-0.1, -0.05) is 31.7 Å². The number of anilines is 1. The summed E-state index contributed by atoms with van der Waals surface area (Å²) in [5.74, 6) is 0.532. The van der Waals surface area contributed by atoms with Crippen molar-refractivity contribution in [3.8, 4) is 0 Å². The zero-order valence-electron chi connectivity index (χ0n) is 20.0. The van der Waals surface area contributed by atoms with Crippen LogP contribution in [0.25, 0.3) is 11.1 Å². The van der Waals surface area contributed by atoms with Crippen LogP contribution in [0.3, 0.4) is 0 Å². The van der Waals surface area contributed by atoms with Crippen molar-refractivity contribution in [2.24, 2.45) is 0 Å². The minimum atomic E-state index is -1.06. The Morgan fingerprint density at radius 1 is 1.03 bits per heavy atom. The number of carbonyl (C=O) groups is 2. The molecule has 3 aromatic rings. The smallest absolute Gasteiger partial charge is 0.276 e. The van der Waals surface area contributed by atoms with Crippen molar-refractivity contribution in [3.05, 3.63) is 52.9 Å². The summed E-state index contributed by atoms with van der Waals surface area (Å²) in [6.07, 6.45) is 6.72. The first-order valence-corrected chi connectivity index (χ1v) is 12.1. The summed E-state index contributed by atoms with van der Waals surface area (Å²) in [4.78, 5) is 29.5. The molecule has 5 rings (SSSR count). The van der Waals surface area contributed by atoms with Crippen molar-refractivity contribution in [1.29, 1.82) is 0 Å². The molecule has 1 atom stereocenters. The molecule has 6 heteroatoms. The number of hydrogen-bond donors (Lipinski definition) is 1. The van der Waals surface area contributed by atoms with Gasteiger partial charge in [0.15, 0.2) is 5.58 Å². The Bertz CT molecular complexity index is 1230. The predicted molar refractivity (Wildman–Crippen MR) is 130 cm³/mol. The minimum Gasteiger partial charge on any atom is -0.460 e. The molecule has 1 fully saturated rings. The van der Waals surface area contributed by atoms with E-state index < -0.39 is 5.54 Å². The second kappa shape index (κ2) is 8.08. The summed E-state index contributed by atoms with van der Waals surface area (Å²) in [7, 11) is 0. The minimum absolute atomic E-state index is 0.0892. The van der Waals surface area contributed by atoms with Crippen LogP contribution < -0.4 is 10.2 Å². The number of nitrogens with zero attached hydrogens (tertiary/aromatic N) is 2. The van der Waals surface area contributed by atoms with Gasteiger partial charge in [-0.25, -0.2) is 0 Å². The quantitative estimate of drug-likeness (QED) is 0.545. The average molecular weight is 448 g/mol. The summed E-state index contributed by atoms with van der Waals surface area (Å²) in [5, 5.41) is 3.32. The molecule has 0 bridgehead atoms. The lowest BCUT2D eigenvalue weighted by molar-refractivity contribution is -0.127. The van der Waals surface area contributed by atoms with E-state index in [4.69, 9.17) is 4.42 Å². The van der Waals surface area contributed by atoms with Crippen molar-refractivity contribution in [3.63, 3.8) is 0 Å². The molecule has 2 amide bonds. The first-order valence-electron chi connectivity index (χ1n) is 12.1. The van der Waals surface area contributed by atoms with Crippen LogP contribution in [0, 0.1) is 20.8 Å². The van der Waals surface area contributed by atoms with Crippen molar-refractivity contribution in [2.75, 3.05) is 4.90 Å². The second-order valence-electron chi connectivity index (χ2n) is 10.1. The first kappa shape index (κ1) is 21.8. The summed E-state index contributed by atoms with van der Waals surface area (Å²) in [6.45, 7) is 8.26. The number of aryl methyl sites for hydroxylation is 3. The van der Waals surface area contributed by atoms with Crippen LogP contribution in [0.1, 0.15) is 72.8 Å². The van der Waals surface area contributed by atoms with Gasteiger partial charge in [0.1, 0.15) is 17.0 Å². The van der Waals surface area contributed by atoms with Gasteiger partial charge in [0.05, 0.1) is 12.1 Å². The zero-order chi connectivity index (χ0) is 23.3. The molecule has 1 N–H and O–H groups in total. The number of aromatic nitrogens is 1. The van der Waals surface area contributed by atoms with Gasteiger partial charge >= 0.3 is 0 Å². The van der Waals surface area contributed by atoms with E-state index in [1.807, 2.05) is 55.7 Å². The number of benzene rings is 1. The Morgan fingerprint density at radius 3 is 2.45 bits per heavy atom. The maximum absolute atomic E-state index is 13.9. The Balaban J connectivity index is 1.60. The zero-order valence-corrected chi connectivity index (χ0v) is 20.0. The van der Waals surface area contributed by atoms with E-state index in [1.54, 1.807) is 4.90 Å². The number of carbonyl (C=O) groups excluding carboxylic acids is 2. The molecule has 1 aromatic carbocycles. The Hall–Kier alpha value is -3.02. The summed E-state index contributed by atoms with van der Waals surface area (Å²) < 4.78 is 7.77. The first-order chi connectivity index (χ1) is 15.8. The number of amides is 2. The molecule has 2 aliphatic rings. The van der Waals surface area contributed by atoms with Crippen LogP contribution in [0.2, 0.25) is 0 Å². The third kappa shape index (κ3) is 3.65. The number of nitrogens with one attached hydrogen (secondary N) is 1. The van der Waals surface area contributed by atoms with Crippen molar-refractivity contribution < 1.29 is 14.0 Å². The fourth-order valence-electron chi connectivity index (χ4n) is 5.43. The van der Waals surface area contributed by atoms with Gasteiger partial charge < -0.3 is 14.3 Å². The van der Waals surface area contributed by atoms with Crippen LogP contribution in [0.4, 0.5) is 5.69 Å². The van der Waals surface area contributed by atoms with Crippen molar-refractivity contribution in [2.45, 2.75) is 84.3 Å². The lowest BCUT2D eigenvalue weighted by Gasteiger charge is -2.44. The lowest BCUT2D eigenvalue weighted by Crippen LogP contribution is -2.65. The van der Waals surface area contributed by atoms with E-state index in [0.29, 0.717) is 17.8 Å². The maximum Gasteiger partial charge on any atom is 0.276 e. The Kier molecular flexibility index (Phi) is 5.34. The van der Waals surface area contributed by atoms with Gasteiger partial charge in [-0.2, -0.15) is 0 Å². The standard InChI is InChI=1S/C27H33N3O3/c1-17-11-12-21(13-18(17)2)30-25(31)23-15-24-22(14-19(3)33-24)29(23)16-27(30,4)26(32)28-20-9-7-5-6-8-10-20/h11-15,20H,5-10,16H2,1-4H3,(H,28,32)/t27-/m1/s1. The van der Waals surface area contributed by atoms with Gasteiger partial charge in [0, 0.05) is 23.9 Å². The number of rotatable bonds is 3. The van der Waals surface area contributed by atoms with E-state index in [-0.39, 0.29) is 17.9 Å². The number of furan rings is 1. The molecule has 0 unspecified atom stereocenters. The predicted octanol–water partition coefficient (Wildman–Crippen LogP) is 5.42. The third-order valence-corrected chi connectivity index (χ3v) is 7.52. The van der Waals surface area contributed by atoms with E-state index in [1.165, 1.54) is 12.8 Å². The molecule has 1 aliphatic heterocycles. The number of fused-ring (bicyclic) bond motifs is 3. The second-order valence-corrected chi connectivity index (χ2v) is 10.1.